The third kappa shape index (κ3) is 4.48. The van der Waals surface area contributed by atoms with Crippen molar-refractivity contribution in [2.75, 3.05) is 6.61 Å². The number of esters is 1. The Morgan fingerprint density at radius 3 is 2.76 bits per heavy atom. The highest BCUT2D eigenvalue weighted by Gasteiger charge is 2.25. The summed E-state index contributed by atoms with van der Waals surface area (Å²) in [5.74, 6) is -0.330. The fourth-order valence-corrected chi connectivity index (χ4v) is 4.38. The van der Waals surface area contributed by atoms with Gasteiger partial charge in [-0.3, -0.25) is 19.1 Å². The quantitative estimate of drug-likeness (QED) is 0.412. The highest BCUT2D eigenvalue weighted by atomic mass is 79.9. The van der Waals surface area contributed by atoms with Crippen LogP contribution in [0.15, 0.2) is 43.5 Å². The molecule has 3 rings (SSSR count). The molecule has 0 amide bonds. The summed E-state index contributed by atoms with van der Waals surface area (Å²) in [6.45, 7) is 4.29. The Kier molecular flexibility index (Phi) is 6.63. The third-order valence-electron chi connectivity index (χ3n) is 4.37. The molecule has 154 valence electrons. The van der Waals surface area contributed by atoms with Crippen molar-refractivity contribution in [2.24, 2.45) is 7.05 Å². The zero-order chi connectivity index (χ0) is 21.1. The van der Waals surface area contributed by atoms with Gasteiger partial charge in [-0.1, -0.05) is 46.7 Å². The lowest BCUT2D eigenvalue weighted by atomic mass is 10.2. The number of aromatic nitrogens is 4. The number of carbonyl (C=O) groups is 1. The smallest absolute Gasteiger partial charge is 0.329 e. The van der Waals surface area contributed by atoms with Gasteiger partial charge in [0.25, 0.3) is 5.56 Å². The van der Waals surface area contributed by atoms with Crippen LogP contribution in [-0.2, 0) is 23.1 Å². The second-order valence-corrected chi connectivity index (χ2v) is 8.45. The summed E-state index contributed by atoms with van der Waals surface area (Å²) < 4.78 is 9.10. The van der Waals surface area contributed by atoms with E-state index < -0.39 is 16.5 Å². The normalized spacial score (nSPS) is 12.3. The van der Waals surface area contributed by atoms with E-state index in [0.29, 0.717) is 24.7 Å². The molecule has 0 aliphatic carbocycles. The van der Waals surface area contributed by atoms with Crippen molar-refractivity contribution in [3.8, 4) is 0 Å². The summed E-state index contributed by atoms with van der Waals surface area (Å²) in [7, 11) is 1.55. The van der Waals surface area contributed by atoms with Gasteiger partial charge in [-0.2, -0.15) is 0 Å². The fourth-order valence-electron chi connectivity index (χ4n) is 2.93. The second kappa shape index (κ2) is 9.00. The number of nitrogens with zero attached hydrogens (tertiary/aromatic N) is 3. The molecule has 3 aromatic rings. The minimum absolute atomic E-state index is 0.273. The topological polar surface area (TPSA) is 99.0 Å². The van der Waals surface area contributed by atoms with Crippen molar-refractivity contribution >= 4 is 44.8 Å². The number of ether oxygens (including phenoxy) is 1. The molecular formula is C19H21BrN4O4S. The van der Waals surface area contributed by atoms with E-state index in [2.05, 4.69) is 25.9 Å². The van der Waals surface area contributed by atoms with Crippen LogP contribution in [0.25, 0.3) is 11.2 Å². The van der Waals surface area contributed by atoms with Crippen LogP contribution < -0.4 is 11.2 Å². The van der Waals surface area contributed by atoms with E-state index in [1.807, 2.05) is 31.2 Å². The SMILES string of the molecule is CCOC(=O)[C@@H](CC)Sc1nc2c(c(=O)[nH]c(=O)n2C)n1Cc1cccc(Br)c1. The number of hydrogen-bond donors (Lipinski definition) is 1. The van der Waals surface area contributed by atoms with Crippen molar-refractivity contribution in [2.45, 2.75) is 37.2 Å². The van der Waals surface area contributed by atoms with E-state index in [9.17, 15) is 14.4 Å². The molecule has 0 aliphatic heterocycles. The number of fused-ring (bicyclic) bond motifs is 1. The van der Waals surface area contributed by atoms with Crippen molar-refractivity contribution in [1.29, 1.82) is 0 Å². The Hall–Kier alpha value is -2.33. The number of aromatic amines is 1. The van der Waals surface area contributed by atoms with Gasteiger partial charge >= 0.3 is 11.7 Å². The van der Waals surface area contributed by atoms with Gasteiger partial charge < -0.3 is 9.30 Å². The first-order valence-corrected chi connectivity index (χ1v) is 10.8. The van der Waals surface area contributed by atoms with Gasteiger partial charge in [0.2, 0.25) is 0 Å². The molecule has 0 aliphatic rings. The lowest BCUT2D eigenvalue weighted by molar-refractivity contribution is -0.142. The number of thioether (sulfide) groups is 1. The molecule has 8 nitrogen and oxygen atoms in total. The van der Waals surface area contributed by atoms with E-state index in [-0.39, 0.29) is 17.1 Å². The molecule has 2 aromatic heterocycles. The molecule has 29 heavy (non-hydrogen) atoms. The van der Waals surface area contributed by atoms with Crippen molar-refractivity contribution in [1.82, 2.24) is 19.1 Å². The van der Waals surface area contributed by atoms with Crippen LogP contribution in [0.4, 0.5) is 0 Å². The van der Waals surface area contributed by atoms with Gasteiger partial charge in [0.15, 0.2) is 16.3 Å². The number of imidazole rings is 1. The van der Waals surface area contributed by atoms with Crippen LogP contribution in [0.1, 0.15) is 25.8 Å². The van der Waals surface area contributed by atoms with E-state index in [1.165, 1.54) is 16.3 Å². The summed E-state index contributed by atoms with van der Waals surface area (Å²) in [5.41, 5.74) is 0.450. The number of carbonyl (C=O) groups excluding carboxylic acids is 1. The first kappa shape index (κ1) is 21.4. The molecule has 0 saturated heterocycles. The van der Waals surface area contributed by atoms with E-state index in [4.69, 9.17) is 4.74 Å². The minimum atomic E-state index is -0.538. The number of benzene rings is 1. The molecule has 0 spiro atoms. The average Bonchev–Trinajstić information content (AvgIpc) is 3.03. The van der Waals surface area contributed by atoms with Gasteiger partial charge in [-0.25, -0.2) is 9.78 Å². The summed E-state index contributed by atoms with van der Waals surface area (Å²) >= 11 is 4.69. The molecule has 0 unspecified atom stereocenters. The van der Waals surface area contributed by atoms with Crippen molar-refractivity contribution < 1.29 is 9.53 Å². The Bertz CT molecular complexity index is 1170. The van der Waals surface area contributed by atoms with Gasteiger partial charge in [-0.15, -0.1) is 0 Å². The molecule has 10 heteroatoms. The maximum atomic E-state index is 12.6. The van der Waals surface area contributed by atoms with Crippen LogP contribution in [0.3, 0.4) is 0 Å². The maximum absolute atomic E-state index is 12.6. The molecule has 1 N–H and O–H groups in total. The molecule has 0 saturated carbocycles. The third-order valence-corrected chi connectivity index (χ3v) is 6.20. The molecule has 0 bridgehead atoms. The van der Waals surface area contributed by atoms with E-state index in [0.717, 1.165) is 10.0 Å². The second-order valence-electron chi connectivity index (χ2n) is 6.37. The monoisotopic (exact) mass is 480 g/mol. The van der Waals surface area contributed by atoms with Crippen molar-refractivity contribution in [3.63, 3.8) is 0 Å². The Morgan fingerprint density at radius 1 is 1.34 bits per heavy atom. The number of nitrogens with one attached hydrogen (secondary N) is 1. The first-order valence-electron chi connectivity index (χ1n) is 9.13. The van der Waals surface area contributed by atoms with Crippen LogP contribution >= 0.6 is 27.7 Å². The molecule has 1 aromatic carbocycles. The predicted octanol–water partition coefficient (Wildman–Crippen LogP) is 2.67. The number of halogens is 1. The molecule has 1 atom stereocenters. The standard InChI is InChI=1S/C19H21BrN4O4S/c1-4-13(17(26)28-5-2)29-19-21-15-14(16(25)22-18(27)23(15)3)24(19)10-11-7-6-8-12(20)9-11/h6-9,13H,4-5,10H2,1-3H3,(H,22,25,27)/t13-/m1/s1. The van der Waals surface area contributed by atoms with Gasteiger partial charge in [0, 0.05) is 11.5 Å². The number of H-pyrrole nitrogens is 1. The first-order chi connectivity index (χ1) is 13.8. The number of rotatable bonds is 7. The number of hydrogen-bond acceptors (Lipinski definition) is 6. The molecule has 2 heterocycles. The van der Waals surface area contributed by atoms with Gasteiger partial charge in [0.1, 0.15) is 5.25 Å². The average molecular weight is 481 g/mol. The van der Waals surface area contributed by atoms with Crippen LogP contribution in [0.2, 0.25) is 0 Å². The zero-order valence-corrected chi connectivity index (χ0v) is 18.7. The highest BCUT2D eigenvalue weighted by Crippen LogP contribution is 2.29. The van der Waals surface area contributed by atoms with Crippen molar-refractivity contribution in [3.05, 3.63) is 55.1 Å². The Balaban J connectivity index is 2.16. The Labute approximate surface area is 179 Å². The lowest BCUT2D eigenvalue weighted by Gasteiger charge is -2.14. The molecular weight excluding hydrogens is 460 g/mol. The largest absolute Gasteiger partial charge is 0.465 e. The molecule has 0 fully saturated rings. The number of aryl methyl sites for hydroxylation is 1. The summed E-state index contributed by atoms with van der Waals surface area (Å²) in [6, 6.07) is 7.69. The summed E-state index contributed by atoms with van der Waals surface area (Å²) in [5, 5.41) is 0.00992. The summed E-state index contributed by atoms with van der Waals surface area (Å²) in [6.07, 6.45) is 0.541. The van der Waals surface area contributed by atoms with Crippen LogP contribution in [0, 0.1) is 0 Å². The highest BCUT2D eigenvalue weighted by molar-refractivity contribution is 9.10. The van der Waals surface area contributed by atoms with Gasteiger partial charge in [-0.05, 0) is 31.0 Å². The van der Waals surface area contributed by atoms with Crippen LogP contribution in [-0.4, -0.2) is 36.9 Å². The minimum Gasteiger partial charge on any atom is -0.465 e. The van der Waals surface area contributed by atoms with E-state index in [1.54, 1.807) is 18.5 Å². The summed E-state index contributed by atoms with van der Waals surface area (Å²) in [4.78, 5) is 43.8. The van der Waals surface area contributed by atoms with E-state index >= 15 is 0 Å². The predicted molar refractivity (Wildman–Crippen MR) is 115 cm³/mol. The molecule has 0 radical (unpaired) electrons. The maximum Gasteiger partial charge on any atom is 0.329 e. The van der Waals surface area contributed by atoms with Crippen LogP contribution in [0.5, 0.6) is 0 Å². The Morgan fingerprint density at radius 2 is 2.10 bits per heavy atom. The zero-order valence-electron chi connectivity index (χ0n) is 16.3. The van der Waals surface area contributed by atoms with Gasteiger partial charge in [0.05, 0.1) is 13.2 Å². The lowest BCUT2D eigenvalue weighted by Crippen LogP contribution is -2.29. The fraction of sp³-hybridized carbons (Fsp3) is 0.368.